The van der Waals surface area contributed by atoms with Gasteiger partial charge in [-0.25, -0.2) is 0 Å². The number of aliphatic hydroxyl groups is 4. The lowest BCUT2D eigenvalue weighted by Gasteiger charge is -2.39. The number of allylic oxidation sites excluding steroid dienone is 8. The fraction of sp³-hybridized carbons (Fsp3) is 0.778. The van der Waals surface area contributed by atoms with Gasteiger partial charge in [0.25, 0.3) is 0 Å². The predicted molar refractivity (Wildman–Crippen MR) is 219 cm³/mol. The van der Waals surface area contributed by atoms with E-state index in [0.717, 1.165) is 77.0 Å². The monoisotopic (exact) mass is 779 g/mol. The van der Waals surface area contributed by atoms with Crippen LogP contribution in [0.25, 0.3) is 0 Å². The van der Waals surface area contributed by atoms with Crippen LogP contribution in [0.15, 0.2) is 48.6 Å². The molecule has 318 valence electrons. The van der Waals surface area contributed by atoms with Crippen LogP contribution >= 0.6 is 0 Å². The fourth-order valence-corrected chi connectivity index (χ4v) is 6.19. The Hall–Kier alpha value is -2.34. The lowest BCUT2D eigenvalue weighted by molar-refractivity contribution is -0.305. The van der Waals surface area contributed by atoms with E-state index in [0.29, 0.717) is 12.8 Å². The van der Waals surface area contributed by atoms with E-state index in [-0.39, 0.29) is 26.1 Å². The van der Waals surface area contributed by atoms with Gasteiger partial charge >= 0.3 is 11.9 Å². The van der Waals surface area contributed by atoms with Gasteiger partial charge in [-0.3, -0.25) is 9.59 Å². The highest BCUT2D eigenvalue weighted by atomic mass is 16.7. The minimum Gasteiger partial charge on any atom is -0.462 e. The van der Waals surface area contributed by atoms with Crippen molar-refractivity contribution < 1.29 is 49.0 Å². The highest BCUT2D eigenvalue weighted by Gasteiger charge is 2.44. The Morgan fingerprint density at radius 1 is 0.564 bits per heavy atom. The third kappa shape index (κ3) is 27.8. The van der Waals surface area contributed by atoms with Crippen LogP contribution in [-0.2, 0) is 28.5 Å². The minimum atomic E-state index is -1.60. The molecule has 0 aromatic carbocycles. The second-order valence-electron chi connectivity index (χ2n) is 14.8. The number of unbranched alkanes of at least 4 members (excludes halogenated alkanes) is 16. The molecule has 0 aromatic heterocycles. The van der Waals surface area contributed by atoms with E-state index in [1.807, 2.05) is 0 Å². The van der Waals surface area contributed by atoms with Crippen LogP contribution in [0, 0.1) is 0 Å². The van der Waals surface area contributed by atoms with E-state index in [1.54, 1.807) is 0 Å². The summed E-state index contributed by atoms with van der Waals surface area (Å²) in [7, 11) is 0. The number of rotatable bonds is 35. The molecule has 0 spiro atoms. The number of carbonyl (C=O) groups is 2. The maximum Gasteiger partial charge on any atom is 0.306 e. The van der Waals surface area contributed by atoms with Gasteiger partial charge < -0.3 is 39.4 Å². The number of ether oxygens (including phenoxy) is 4. The molecule has 1 aliphatic rings. The lowest BCUT2D eigenvalue weighted by atomic mass is 9.99. The Morgan fingerprint density at radius 2 is 1.02 bits per heavy atom. The quantitative estimate of drug-likeness (QED) is 0.0279. The van der Waals surface area contributed by atoms with Gasteiger partial charge in [0, 0.05) is 12.8 Å². The van der Waals surface area contributed by atoms with E-state index in [4.69, 9.17) is 18.9 Å². The summed E-state index contributed by atoms with van der Waals surface area (Å²) < 4.78 is 22.1. The SMILES string of the molecule is CCCCC/C=C/C/C=C/C/C=C/CCCCCCC(=O)OC[C@@H](CO[C@H]1O[C@@H](CO)[C@@H](O)C(O)C1O)OC(=O)CCCCCCC/C=C/CCCCCC. The van der Waals surface area contributed by atoms with Crippen LogP contribution in [0.3, 0.4) is 0 Å². The summed E-state index contributed by atoms with van der Waals surface area (Å²) in [5.41, 5.74) is 0. The van der Waals surface area contributed by atoms with Crippen molar-refractivity contribution >= 4 is 11.9 Å². The van der Waals surface area contributed by atoms with Crippen LogP contribution in [-0.4, -0.2) is 89.0 Å². The average Bonchev–Trinajstić information content (AvgIpc) is 3.18. The first-order valence-electron chi connectivity index (χ1n) is 21.7. The molecular formula is C45H78O10. The third-order valence-corrected chi connectivity index (χ3v) is 9.69. The maximum absolute atomic E-state index is 12.7. The molecule has 0 amide bonds. The topological polar surface area (TPSA) is 152 Å². The number of carbonyl (C=O) groups excluding carboxylic acids is 2. The number of esters is 2. The van der Waals surface area contributed by atoms with Crippen molar-refractivity contribution in [3.8, 4) is 0 Å². The molecule has 10 heteroatoms. The van der Waals surface area contributed by atoms with Crippen molar-refractivity contribution in [2.75, 3.05) is 19.8 Å². The summed E-state index contributed by atoms with van der Waals surface area (Å²) >= 11 is 0. The van der Waals surface area contributed by atoms with Crippen molar-refractivity contribution in [1.82, 2.24) is 0 Å². The molecule has 4 N–H and O–H groups in total. The van der Waals surface area contributed by atoms with E-state index < -0.39 is 55.4 Å². The standard InChI is InChI=1S/C45H78O10/c1-3-5-7-9-11-13-15-17-18-19-20-22-23-25-27-29-31-33-40(47)52-36-38(37-53-45-44(51)43(50)42(49)39(35-46)55-45)54-41(48)34-32-30-28-26-24-21-16-14-12-10-8-6-4-2/h11,13-14,16-18,20,22,38-39,42-46,49-51H,3-10,12,15,19,21,23-37H2,1-2H3/b13-11+,16-14+,18-17+,22-20+/t38-,39-,42+,43?,44?,45-/m0/s1. The van der Waals surface area contributed by atoms with Crippen molar-refractivity contribution in [3.05, 3.63) is 48.6 Å². The van der Waals surface area contributed by atoms with Crippen LogP contribution in [0.2, 0.25) is 0 Å². The summed E-state index contributed by atoms with van der Waals surface area (Å²) in [6.07, 6.45) is 34.0. The van der Waals surface area contributed by atoms with Crippen LogP contribution in [0.1, 0.15) is 168 Å². The van der Waals surface area contributed by atoms with Crippen molar-refractivity contribution in [1.29, 1.82) is 0 Å². The first-order valence-corrected chi connectivity index (χ1v) is 21.7. The molecule has 55 heavy (non-hydrogen) atoms. The molecule has 1 aliphatic heterocycles. The number of hydrogen-bond acceptors (Lipinski definition) is 10. The van der Waals surface area contributed by atoms with E-state index in [2.05, 4.69) is 62.5 Å². The molecule has 2 unspecified atom stereocenters. The van der Waals surface area contributed by atoms with Gasteiger partial charge in [-0.15, -0.1) is 0 Å². The van der Waals surface area contributed by atoms with Gasteiger partial charge in [0.05, 0.1) is 13.2 Å². The predicted octanol–water partition coefficient (Wildman–Crippen LogP) is 8.88. The van der Waals surface area contributed by atoms with Gasteiger partial charge in [0.1, 0.15) is 31.0 Å². The molecule has 0 aromatic rings. The molecule has 1 rings (SSSR count). The molecule has 6 atom stereocenters. The molecule has 0 bridgehead atoms. The zero-order valence-corrected chi connectivity index (χ0v) is 34.4. The first kappa shape index (κ1) is 50.7. The van der Waals surface area contributed by atoms with Crippen LogP contribution in [0.4, 0.5) is 0 Å². The molecule has 1 heterocycles. The Balaban J connectivity index is 2.37. The van der Waals surface area contributed by atoms with Gasteiger partial charge in [-0.2, -0.15) is 0 Å². The van der Waals surface area contributed by atoms with E-state index >= 15 is 0 Å². The maximum atomic E-state index is 12.7. The Kier molecular flexibility index (Phi) is 33.2. The Morgan fingerprint density at radius 3 is 1.58 bits per heavy atom. The zero-order chi connectivity index (χ0) is 40.2. The summed E-state index contributed by atoms with van der Waals surface area (Å²) in [5.74, 6) is -0.845. The van der Waals surface area contributed by atoms with Crippen molar-refractivity contribution in [2.45, 2.75) is 205 Å². The van der Waals surface area contributed by atoms with E-state index in [9.17, 15) is 30.0 Å². The second kappa shape index (κ2) is 36.0. The van der Waals surface area contributed by atoms with Crippen LogP contribution in [0.5, 0.6) is 0 Å². The van der Waals surface area contributed by atoms with Crippen LogP contribution < -0.4 is 0 Å². The molecule has 0 radical (unpaired) electrons. The van der Waals surface area contributed by atoms with Gasteiger partial charge in [-0.05, 0) is 77.0 Å². The molecule has 10 nitrogen and oxygen atoms in total. The molecular weight excluding hydrogens is 700 g/mol. The highest BCUT2D eigenvalue weighted by Crippen LogP contribution is 2.22. The highest BCUT2D eigenvalue weighted by molar-refractivity contribution is 5.70. The Labute approximate surface area is 333 Å². The largest absolute Gasteiger partial charge is 0.462 e. The molecule has 1 saturated heterocycles. The first-order chi connectivity index (χ1) is 26.8. The summed E-state index contributed by atoms with van der Waals surface area (Å²) in [5, 5.41) is 40.0. The van der Waals surface area contributed by atoms with Gasteiger partial charge in [-0.1, -0.05) is 127 Å². The molecule has 0 aliphatic carbocycles. The second-order valence-corrected chi connectivity index (χ2v) is 14.8. The normalized spacial score (nSPS) is 21.0. The lowest BCUT2D eigenvalue weighted by Crippen LogP contribution is -2.59. The molecule has 1 fully saturated rings. The number of aliphatic hydroxyl groups excluding tert-OH is 4. The zero-order valence-electron chi connectivity index (χ0n) is 34.4. The Bertz CT molecular complexity index is 1040. The average molecular weight is 779 g/mol. The van der Waals surface area contributed by atoms with Crippen molar-refractivity contribution in [3.63, 3.8) is 0 Å². The minimum absolute atomic E-state index is 0.213. The summed E-state index contributed by atoms with van der Waals surface area (Å²) in [6, 6.07) is 0. The fourth-order valence-electron chi connectivity index (χ4n) is 6.19. The van der Waals surface area contributed by atoms with Gasteiger partial charge in [0.2, 0.25) is 0 Å². The third-order valence-electron chi connectivity index (χ3n) is 9.69. The van der Waals surface area contributed by atoms with Crippen molar-refractivity contribution in [2.24, 2.45) is 0 Å². The number of hydrogen-bond donors (Lipinski definition) is 4. The smallest absolute Gasteiger partial charge is 0.306 e. The van der Waals surface area contributed by atoms with Gasteiger partial charge in [0.15, 0.2) is 12.4 Å². The van der Waals surface area contributed by atoms with E-state index in [1.165, 1.54) is 51.4 Å². The summed E-state index contributed by atoms with van der Waals surface area (Å²) in [6.45, 7) is 3.33. The molecule has 0 saturated carbocycles. The summed E-state index contributed by atoms with van der Waals surface area (Å²) in [4.78, 5) is 25.3.